The lowest BCUT2D eigenvalue weighted by Crippen LogP contribution is -2.08. The number of benzene rings is 4. The molecular weight excluding hydrogens is 689 g/mol. The maximum atomic E-state index is 11.6. The summed E-state index contributed by atoms with van der Waals surface area (Å²) in [5.74, 6) is 2.28. The fourth-order valence-electron chi connectivity index (χ4n) is 4.76. The second kappa shape index (κ2) is 17.7. The number of hydrogen-bond acceptors (Lipinski definition) is 11. The molecule has 0 radical (unpaired) electrons. The summed E-state index contributed by atoms with van der Waals surface area (Å²) in [4.78, 5) is 28.3. The van der Waals surface area contributed by atoms with Crippen molar-refractivity contribution in [1.82, 2.24) is 19.9 Å². The molecule has 0 atom stereocenters. The van der Waals surface area contributed by atoms with Crippen LogP contribution < -0.4 is 31.3 Å². The van der Waals surface area contributed by atoms with Crippen molar-refractivity contribution >= 4 is 73.3 Å². The van der Waals surface area contributed by atoms with Crippen LogP contribution in [-0.2, 0) is 14.8 Å². The van der Waals surface area contributed by atoms with Crippen LogP contribution >= 0.6 is 0 Å². The molecule has 53 heavy (non-hydrogen) atoms. The number of amides is 1. The number of aromatic nitrogens is 4. The van der Waals surface area contributed by atoms with E-state index in [0.29, 0.717) is 40.3 Å². The number of nitrogens with one attached hydrogen (secondary N) is 6. The van der Waals surface area contributed by atoms with Gasteiger partial charge in [0.15, 0.2) is 0 Å². The number of carbonyl (C=O) groups excluding carboxylic acids is 1. The van der Waals surface area contributed by atoms with Crippen LogP contribution in [-0.4, -0.2) is 34.3 Å². The average molecular weight is 727 g/mol. The van der Waals surface area contributed by atoms with Gasteiger partial charge in [0.2, 0.25) is 5.91 Å². The smallest absolute Gasteiger partial charge is 0.254 e. The molecule has 0 saturated heterocycles. The standard InChI is InChI=1S/C20H19N5O.C19H19N5O2S/c1-3-20(26)25-17-9-5-8-16(11-17)24-19-12-18(21-13-22-19)23-15-7-4-6-14(2)10-15;1-3-27(25,26)24-17-9-5-8-16(11-17)23-19-12-18(20-13-21-19)22-15-7-4-6-14(2)10-15/h3-13H,1H2,2H3,(H,25,26)(H2,21,22,23,24);3-13,24H,1H2,2H3,(H2,20,21,22,23). The van der Waals surface area contributed by atoms with Gasteiger partial charge in [-0.25, -0.2) is 28.4 Å². The Morgan fingerprint density at radius 2 is 0.925 bits per heavy atom. The van der Waals surface area contributed by atoms with Crippen LogP contribution in [0.15, 0.2) is 146 Å². The van der Waals surface area contributed by atoms with Crippen molar-refractivity contribution in [3.8, 4) is 0 Å². The highest BCUT2D eigenvalue weighted by atomic mass is 32.2. The van der Waals surface area contributed by atoms with Gasteiger partial charge in [-0.05, 0) is 91.7 Å². The lowest BCUT2D eigenvalue weighted by atomic mass is 10.2. The van der Waals surface area contributed by atoms with Gasteiger partial charge in [0.1, 0.15) is 35.9 Å². The molecule has 0 aliphatic carbocycles. The van der Waals surface area contributed by atoms with Crippen molar-refractivity contribution in [3.63, 3.8) is 0 Å². The highest BCUT2D eigenvalue weighted by Crippen LogP contribution is 2.24. The molecule has 6 aromatic rings. The van der Waals surface area contributed by atoms with Crippen molar-refractivity contribution in [2.75, 3.05) is 31.3 Å². The lowest BCUT2D eigenvalue weighted by molar-refractivity contribution is -0.111. The molecule has 0 fully saturated rings. The van der Waals surface area contributed by atoms with E-state index in [9.17, 15) is 13.2 Å². The Morgan fingerprint density at radius 1 is 0.547 bits per heavy atom. The number of aryl methyl sites for hydroxylation is 2. The summed E-state index contributed by atoms with van der Waals surface area (Å²) >= 11 is 0. The monoisotopic (exact) mass is 726 g/mol. The lowest BCUT2D eigenvalue weighted by Gasteiger charge is -2.10. The minimum atomic E-state index is -3.56. The molecule has 268 valence electrons. The third-order valence-electron chi connectivity index (χ3n) is 7.12. The Balaban J connectivity index is 0.000000204. The Morgan fingerprint density at radius 3 is 1.34 bits per heavy atom. The predicted octanol–water partition coefficient (Wildman–Crippen LogP) is 8.55. The number of nitrogens with zero attached hydrogens (tertiary/aromatic N) is 4. The molecule has 0 unspecified atom stereocenters. The van der Waals surface area contributed by atoms with Crippen LogP contribution in [0.2, 0.25) is 0 Å². The minimum absolute atomic E-state index is 0.256. The Kier molecular flexibility index (Phi) is 12.5. The van der Waals surface area contributed by atoms with Gasteiger partial charge >= 0.3 is 0 Å². The normalized spacial score (nSPS) is 10.5. The van der Waals surface area contributed by atoms with E-state index in [2.05, 4.69) is 64.4 Å². The first-order valence-electron chi connectivity index (χ1n) is 16.2. The third-order valence-corrected chi connectivity index (χ3v) is 8.08. The number of sulfonamides is 1. The van der Waals surface area contributed by atoms with Crippen LogP contribution in [0.25, 0.3) is 0 Å². The maximum Gasteiger partial charge on any atom is 0.254 e. The zero-order valence-electron chi connectivity index (χ0n) is 29.0. The maximum absolute atomic E-state index is 11.6. The molecular formula is C39H38N10O3S. The highest BCUT2D eigenvalue weighted by molar-refractivity contribution is 7.95. The van der Waals surface area contributed by atoms with Gasteiger partial charge < -0.3 is 26.6 Å². The molecule has 0 spiro atoms. The molecule has 2 aromatic heterocycles. The van der Waals surface area contributed by atoms with Gasteiger partial charge in [-0.3, -0.25) is 9.52 Å². The summed E-state index contributed by atoms with van der Waals surface area (Å²) in [6, 6.07) is 33.8. The van der Waals surface area contributed by atoms with E-state index < -0.39 is 10.0 Å². The van der Waals surface area contributed by atoms with Crippen LogP contribution in [0.1, 0.15) is 11.1 Å². The summed E-state index contributed by atoms with van der Waals surface area (Å²) in [7, 11) is -3.56. The van der Waals surface area contributed by atoms with Gasteiger partial charge in [-0.2, -0.15) is 0 Å². The largest absolute Gasteiger partial charge is 0.340 e. The minimum Gasteiger partial charge on any atom is -0.340 e. The second-order valence-corrected chi connectivity index (χ2v) is 13.1. The molecule has 0 aliphatic heterocycles. The van der Waals surface area contributed by atoms with Crippen molar-refractivity contribution in [3.05, 3.63) is 158 Å². The highest BCUT2D eigenvalue weighted by Gasteiger charge is 2.07. The topological polar surface area (TPSA) is 175 Å². The molecule has 13 nitrogen and oxygen atoms in total. The van der Waals surface area contributed by atoms with Gasteiger partial charge in [0.25, 0.3) is 10.0 Å². The fraction of sp³-hybridized carbons (Fsp3) is 0.0513. The Hall–Kier alpha value is -7.06. The molecule has 1 amide bonds. The first-order valence-corrected chi connectivity index (χ1v) is 17.7. The molecule has 6 rings (SSSR count). The van der Waals surface area contributed by atoms with Gasteiger partial charge in [0, 0.05) is 46.0 Å². The molecule has 0 saturated carbocycles. The Bertz CT molecular complexity index is 2330. The van der Waals surface area contributed by atoms with Crippen molar-refractivity contribution in [2.24, 2.45) is 0 Å². The predicted molar refractivity (Wildman–Crippen MR) is 214 cm³/mol. The third kappa shape index (κ3) is 12.0. The van der Waals surface area contributed by atoms with E-state index in [4.69, 9.17) is 0 Å². The summed E-state index contributed by atoms with van der Waals surface area (Å²) in [5, 5.41) is 16.4. The quantitative estimate of drug-likeness (QED) is 0.0629. The van der Waals surface area contributed by atoms with E-state index in [1.165, 1.54) is 24.3 Å². The van der Waals surface area contributed by atoms with E-state index in [0.717, 1.165) is 28.0 Å². The summed E-state index contributed by atoms with van der Waals surface area (Å²) in [6.45, 7) is 10.8. The summed E-state index contributed by atoms with van der Waals surface area (Å²) in [5.41, 5.74) is 6.78. The van der Waals surface area contributed by atoms with Crippen molar-refractivity contribution in [2.45, 2.75) is 13.8 Å². The zero-order chi connectivity index (χ0) is 37.6. The number of anilines is 10. The molecule has 14 heteroatoms. The second-order valence-electron chi connectivity index (χ2n) is 11.5. The summed E-state index contributed by atoms with van der Waals surface area (Å²) in [6.07, 6.45) is 4.17. The van der Waals surface area contributed by atoms with Crippen molar-refractivity contribution in [1.29, 1.82) is 0 Å². The summed E-state index contributed by atoms with van der Waals surface area (Å²) < 4.78 is 25.6. The Labute approximate surface area is 308 Å². The zero-order valence-corrected chi connectivity index (χ0v) is 29.9. The first kappa shape index (κ1) is 37.2. The average Bonchev–Trinajstić information content (AvgIpc) is 3.12. The number of rotatable bonds is 13. The molecule has 2 heterocycles. The van der Waals surface area contributed by atoms with Crippen LogP contribution in [0.5, 0.6) is 0 Å². The number of hydrogen-bond donors (Lipinski definition) is 6. The molecule has 4 aromatic carbocycles. The number of carbonyl (C=O) groups is 1. The van der Waals surface area contributed by atoms with Gasteiger partial charge in [0.05, 0.1) is 5.69 Å². The first-order chi connectivity index (χ1) is 25.6. The SMILES string of the molecule is C=CC(=O)Nc1cccc(Nc2cc(Nc3cccc(C)c3)ncn2)c1.C=CS(=O)(=O)Nc1cccc(Nc2cc(Nc3cccc(C)c3)ncn2)c1. The van der Waals surface area contributed by atoms with Crippen LogP contribution in [0.3, 0.4) is 0 Å². The van der Waals surface area contributed by atoms with Crippen LogP contribution in [0.4, 0.5) is 57.4 Å². The van der Waals surface area contributed by atoms with E-state index in [1.54, 1.807) is 30.3 Å². The van der Waals surface area contributed by atoms with E-state index in [-0.39, 0.29) is 5.91 Å². The fourth-order valence-corrected chi connectivity index (χ4v) is 5.30. The van der Waals surface area contributed by atoms with Crippen LogP contribution in [0, 0.1) is 13.8 Å². The molecule has 6 N–H and O–H groups in total. The van der Waals surface area contributed by atoms with Gasteiger partial charge in [-0.1, -0.05) is 49.6 Å². The molecule has 0 bridgehead atoms. The van der Waals surface area contributed by atoms with Gasteiger partial charge in [-0.15, -0.1) is 0 Å². The van der Waals surface area contributed by atoms with Crippen molar-refractivity contribution < 1.29 is 13.2 Å². The molecule has 0 aliphatic rings. The van der Waals surface area contributed by atoms with E-state index in [1.807, 2.05) is 92.7 Å². The van der Waals surface area contributed by atoms with E-state index >= 15 is 0 Å².